The highest BCUT2D eigenvalue weighted by atomic mass is 19.4. The molecule has 1 aliphatic rings. The largest absolute Gasteiger partial charge is 0.399 e. The zero-order chi connectivity index (χ0) is 20.6. The second kappa shape index (κ2) is 10.8. The molecule has 3 unspecified atom stereocenters. The molecule has 1 aliphatic carbocycles. The van der Waals surface area contributed by atoms with Crippen LogP contribution in [0.15, 0.2) is 35.5 Å². The second-order valence-corrected chi connectivity index (χ2v) is 8.10. The minimum atomic E-state index is -4.63. The first-order valence-electron chi connectivity index (χ1n) is 9.80. The fourth-order valence-corrected chi connectivity index (χ4v) is 3.40. The molecule has 0 radical (unpaired) electrons. The van der Waals surface area contributed by atoms with Crippen LogP contribution in [0.5, 0.6) is 0 Å². The van der Waals surface area contributed by atoms with E-state index >= 15 is 0 Å². The lowest BCUT2D eigenvalue weighted by Crippen LogP contribution is -2.43. The van der Waals surface area contributed by atoms with Crippen molar-refractivity contribution in [3.63, 3.8) is 0 Å². The van der Waals surface area contributed by atoms with E-state index in [-0.39, 0.29) is 6.42 Å². The molecule has 0 amide bonds. The standard InChI is InChI=1S/C22H33F3O2/c1-15(2)7-5-8-16(3)9-6-10-17(4)11-12-18-19(26)13-14-20(27)21(18)22(23,24)25/h9,11,13-15,18-19,21,26H,5-8,10,12H2,1-4H3/b16-9+,17-11+. The molecule has 5 heteroatoms. The number of carbonyl (C=O) groups is 1. The predicted molar refractivity (Wildman–Crippen MR) is 103 cm³/mol. The number of halogens is 3. The first-order chi connectivity index (χ1) is 12.5. The van der Waals surface area contributed by atoms with Crippen molar-refractivity contribution in [2.24, 2.45) is 17.8 Å². The molecule has 0 aromatic rings. The van der Waals surface area contributed by atoms with Crippen LogP contribution in [0.3, 0.4) is 0 Å². The highest BCUT2D eigenvalue weighted by Crippen LogP contribution is 2.39. The maximum absolute atomic E-state index is 13.2. The van der Waals surface area contributed by atoms with Gasteiger partial charge in [-0.1, -0.05) is 49.6 Å². The molecule has 0 aromatic carbocycles. The SMILES string of the molecule is C/C(=C\CC1C(O)C=CC(=O)C1C(F)(F)F)CC/C=C(\C)CCCC(C)C. The van der Waals surface area contributed by atoms with Crippen LogP contribution in [0.4, 0.5) is 13.2 Å². The summed E-state index contributed by atoms with van der Waals surface area (Å²) in [5.74, 6) is -3.53. The summed E-state index contributed by atoms with van der Waals surface area (Å²) in [5, 5.41) is 9.93. The molecule has 0 aliphatic heterocycles. The van der Waals surface area contributed by atoms with Crippen molar-refractivity contribution in [1.82, 2.24) is 0 Å². The van der Waals surface area contributed by atoms with E-state index in [1.807, 2.05) is 6.92 Å². The van der Waals surface area contributed by atoms with Crippen LogP contribution in [0, 0.1) is 17.8 Å². The Hall–Kier alpha value is -1.36. The monoisotopic (exact) mass is 386 g/mol. The van der Waals surface area contributed by atoms with Crippen LogP contribution in [0.1, 0.15) is 66.2 Å². The van der Waals surface area contributed by atoms with Crippen LogP contribution in [-0.2, 0) is 4.79 Å². The number of hydrogen-bond donors (Lipinski definition) is 1. The van der Waals surface area contributed by atoms with E-state index in [0.717, 1.165) is 30.9 Å². The van der Waals surface area contributed by atoms with Crippen LogP contribution < -0.4 is 0 Å². The Morgan fingerprint density at radius 2 is 1.81 bits per heavy atom. The molecule has 2 nitrogen and oxygen atoms in total. The lowest BCUT2D eigenvalue weighted by atomic mass is 9.77. The van der Waals surface area contributed by atoms with Crippen molar-refractivity contribution in [2.75, 3.05) is 0 Å². The molecule has 0 bridgehead atoms. The van der Waals surface area contributed by atoms with Crippen LogP contribution in [0.2, 0.25) is 0 Å². The van der Waals surface area contributed by atoms with Crippen molar-refractivity contribution >= 4 is 5.78 Å². The highest BCUT2D eigenvalue weighted by molar-refractivity contribution is 5.93. The summed E-state index contributed by atoms with van der Waals surface area (Å²) in [7, 11) is 0. The molecule has 154 valence electrons. The smallest absolute Gasteiger partial charge is 0.389 e. The summed E-state index contributed by atoms with van der Waals surface area (Å²) in [6, 6.07) is 0. The lowest BCUT2D eigenvalue weighted by molar-refractivity contribution is -0.196. The number of aliphatic hydroxyl groups is 1. The Bertz CT molecular complexity index is 571. The molecule has 0 aromatic heterocycles. The third-order valence-corrected chi connectivity index (χ3v) is 5.11. The Morgan fingerprint density at radius 1 is 1.19 bits per heavy atom. The molecule has 27 heavy (non-hydrogen) atoms. The van der Waals surface area contributed by atoms with Crippen molar-refractivity contribution in [3.8, 4) is 0 Å². The molecule has 0 saturated carbocycles. The molecule has 3 atom stereocenters. The molecule has 1 N–H and O–H groups in total. The van der Waals surface area contributed by atoms with Gasteiger partial charge < -0.3 is 5.11 Å². The number of allylic oxidation sites excluding steroid dienone is 5. The molecule has 0 fully saturated rings. The maximum atomic E-state index is 13.2. The number of hydrogen-bond acceptors (Lipinski definition) is 2. The lowest BCUT2D eigenvalue weighted by Gasteiger charge is -2.31. The predicted octanol–water partition coefficient (Wildman–Crippen LogP) is 6.17. The van der Waals surface area contributed by atoms with E-state index in [0.29, 0.717) is 5.92 Å². The average molecular weight is 386 g/mol. The first kappa shape index (κ1) is 23.7. The minimum absolute atomic E-state index is 0.0460. The third-order valence-electron chi connectivity index (χ3n) is 5.11. The molecule has 0 spiro atoms. The molecule has 0 heterocycles. The van der Waals surface area contributed by atoms with Gasteiger partial charge in [0, 0.05) is 5.92 Å². The summed E-state index contributed by atoms with van der Waals surface area (Å²) < 4.78 is 39.6. The summed E-state index contributed by atoms with van der Waals surface area (Å²) in [5.41, 5.74) is 2.33. The molecular formula is C22H33F3O2. The fraction of sp³-hybridized carbons (Fsp3) is 0.682. The van der Waals surface area contributed by atoms with Gasteiger partial charge in [0.15, 0.2) is 5.78 Å². The quantitative estimate of drug-likeness (QED) is 0.481. The summed E-state index contributed by atoms with van der Waals surface area (Å²) >= 11 is 0. The topological polar surface area (TPSA) is 37.3 Å². The van der Waals surface area contributed by atoms with E-state index in [2.05, 4.69) is 26.8 Å². The average Bonchev–Trinajstić information content (AvgIpc) is 2.54. The van der Waals surface area contributed by atoms with Gasteiger partial charge in [-0.15, -0.1) is 0 Å². The number of ketones is 1. The van der Waals surface area contributed by atoms with Crippen LogP contribution in [0.25, 0.3) is 0 Å². The first-order valence-corrected chi connectivity index (χ1v) is 9.80. The number of rotatable bonds is 9. The van der Waals surface area contributed by atoms with Crippen LogP contribution in [-0.4, -0.2) is 23.2 Å². The van der Waals surface area contributed by atoms with Crippen LogP contribution >= 0.6 is 0 Å². The summed E-state index contributed by atoms with van der Waals surface area (Å²) in [4.78, 5) is 11.7. The second-order valence-electron chi connectivity index (χ2n) is 8.10. The number of carbonyl (C=O) groups excluding carboxylic acids is 1. The Labute approximate surface area is 161 Å². The summed E-state index contributed by atoms with van der Waals surface area (Å²) in [6.45, 7) is 8.42. The van der Waals surface area contributed by atoms with Crippen molar-refractivity contribution in [2.45, 2.75) is 78.5 Å². The van der Waals surface area contributed by atoms with E-state index in [4.69, 9.17) is 0 Å². The van der Waals surface area contributed by atoms with E-state index in [9.17, 15) is 23.1 Å². The maximum Gasteiger partial charge on any atom is 0.399 e. The fourth-order valence-electron chi connectivity index (χ4n) is 3.40. The Kier molecular flexibility index (Phi) is 9.51. The highest BCUT2D eigenvalue weighted by Gasteiger charge is 2.51. The van der Waals surface area contributed by atoms with Crippen molar-refractivity contribution in [3.05, 3.63) is 35.5 Å². The third kappa shape index (κ3) is 8.46. The number of aliphatic hydroxyl groups excluding tert-OH is 1. The Morgan fingerprint density at radius 3 is 2.41 bits per heavy atom. The van der Waals surface area contributed by atoms with E-state index < -0.39 is 29.9 Å². The molecule has 1 rings (SSSR count). The van der Waals surface area contributed by atoms with Gasteiger partial charge in [-0.25, -0.2) is 0 Å². The normalized spacial score (nSPS) is 24.8. The Balaban J connectivity index is 2.57. The zero-order valence-electron chi connectivity index (χ0n) is 16.9. The molecule has 0 saturated heterocycles. The zero-order valence-corrected chi connectivity index (χ0v) is 16.9. The van der Waals surface area contributed by atoms with Gasteiger partial charge >= 0.3 is 6.18 Å². The van der Waals surface area contributed by atoms with Gasteiger partial charge in [0.05, 0.1) is 6.10 Å². The molecular weight excluding hydrogens is 353 g/mol. The van der Waals surface area contributed by atoms with E-state index in [1.54, 1.807) is 6.08 Å². The van der Waals surface area contributed by atoms with Gasteiger partial charge in [-0.3, -0.25) is 4.79 Å². The van der Waals surface area contributed by atoms with Crippen molar-refractivity contribution in [1.29, 1.82) is 0 Å². The van der Waals surface area contributed by atoms with Crippen molar-refractivity contribution < 1.29 is 23.1 Å². The van der Waals surface area contributed by atoms with Gasteiger partial charge in [0.25, 0.3) is 0 Å². The van der Waals surface area contributed by atoms with Gasteiger partial charge in [-0.05, 0) is 57.9 Å². The summed E-state index contributed by atoms with van der Waals surface area (Å²) in [6.07, 6.45) is 5.20. The number of alkyl halides is 3. The van der Waals surface area contributed by atoms with Gasteiger partial charge in [0.2, 0.25) is 0 Å². The van der Waals surface area contributed by atoms with Gasteiger partial charge in [-0.2, -0.15) is 13.2 Å². The minimum Gasteiger partial charge on any atom is -0.389 e. The van der Waals surface area contributed by atoms with E-state index in [1.165, 1.54) is 24.5 Å². The van der Waals surface area contributed by atoms with Gasteiger partial charge in [0.1, 0.15) is 5.92 Å².